The Kier molecular flexibility index (Phi) is 5.35. The van der Waals surface area contributed by atoms with Gasteiger partial charge in [-0.25, -0.2) is 0 Å². The lowest BCUT2D eigenvalue weighted by atomic mass is 9.86. The van der Waals surface area contributed by atoms with Gasteiger partial charge in [-0.2, -0.15) is 10.3 Å². The first-order chi connectivity index (χ1) is 13.6. The van der Waals surface area contributed by atoms with Crippen molar-refractivity contribution in [3.8, 4) is 17.7 Å². The van der Waals surface area contributed by atoms with Crippen molar-refractivity contribution in [3.05, 3.63) is 53.9 Å². The maximum Gasteiger partial charge on any atom is 0.573 e. The van der Waals surface area contributed by atoms with Crippen LogP contribution >= 0.6 is 0 Å². The molecule has 1 aliphatic heterocycles. The highest BCUT2D eigenvalue weighted by Gasteiger charge is 2.44. The fourth-order valence-electron chi connectivity index (χ4n) is 3.01. The second-order valence-electron chi connectivity index (χ2n) is 6.82. The fraction of sp³-hybridized carbons (Fsp3) is 0.316. The number of pyridine rings is 1. The molecule has 0 bridgehead atoms. The van der Waals surface area contributed by atoms with Gasteiger partial charge in [-0.3, -0.25) is 4.98 Å². The summed E-state index contributed by atoms with van der Waals surface area (Å²) in [4.78, 5) is 7.70. The normalized spacial score (nSPS) is 20.8. The number of fused-ring (bicyclic) bond motifs is 1. The number of nitrogens with one attached hydrogen (secondary N) is 1. The summed E-state index contributed by atoms with van der Waals surface area (Å²) in [5.74, 6) is -0.0797. The smallest absolute Gasteiger partial charge is 0.485 e. The van der Waals surface area contributed by atoms with E-state index < -0.39 is 29.9 Å². The lowest BCUT2D eigenvalue weighted by Crippen LogP contribution is -2.53. The van der Waals surface area contributed by atoms with Crippen molar-refractivity contribution in [2.24, 2.45) is 4.99 Å². The number of hydrogen-bond donors (Lipinski definition) is 2. The number of aliphatic hydroxyl groups excluding tert-OH is 1. The Bertz CT molecular complexity index is 955. The summed E-state index contributed by atoms with van der Waals surface area (Å²) in [6.07, 6.45) is -1.38. The van der Waals surface area contributed by atoms with Gasteiger partial charge in [-0.15, -0.1) is 13.2 Å². The van der Waals surface area contributed by atoms with Crippen LogP contribution in [-0.4, -0.2) is 34.0 Å². The molecule has 0 amide bonds. The number of ether oxygens (including phenoxy) is 2. The average molecular weight is 406 g/mol. The number of alkyl halides is 3. The van der Waals surface area contributed by atoms with Gasteiger partial charge in [0.25, 0.3) is 0 Å². The Balaban J connectivity index is 2.04. The Morgan fingerprint density at radius 3 is 2.76 bits per heavy atom. The molecule has 0 saturated carbocycles. The Labute approximate surface area is 164 Å². The number of nitriles is 1. The first-order valence-corrected chi connectivity index (χ1v) is 8.51. The molecule has 2 N–H and O–H groups in total. The van der Waals surface area contributed by atoms with Crippen molar-refractivity contribution in [3.63, 3.8) is 0 Å². The molecule has 0 spiro atoms. The predicted octanol–water partition coefficient (Wildman–Crippen LogP) is 3.07. The van der Waals surface area contributed by atoms with Gasteiger partial charge in [0.05, 0.1) is 6.04 Å². The van der Waals surface area contributed by atoms with Gasteiger partial charge in [0, 0.05) is 23.5 Å². The summed E-state index contributed by atoms with van der Waals surface area (Å²) in [5, 5.41) is 22.8. The lowest BCUT2D eigenvalue weighted by molar-refractivity contribution is -0.274. The van der Waals surface area contributed by atoms with E-state index in [4.69, 9.17) is 10.00 Å². The summed E-state index contributed by atoms with van der Waals surface area (Å²) < 4.78 is 47.6. The standard InChI is InChI=1S/C19H17F3N4O3/c1-18(2)16(27)15(26-17(25-10-23)11-4-3-7-24-9-11)13-8-12(28-19(20,21)22)5-6-14(13)29-18/h3-9,15-16,27H,1-2H3,(H,25,26)/t15-,16+/m0/s1. The van der Waals surface area contributed by atoms with E-state index in [1.165, 1.54) is 18.5 Å². The third-order valence-corrected chi connectivity index (χ3v) is 4.34. The molecule has 0 radical (unpaired) electrons. The first-order valence-electron chi connectivity index (χ1n) is 8.51. The van der Waals surface area contributed by atoms with E-state index in [0.29, 0.717) is 5.56 Å². The van der Waals surface area contributed by atoms with E-state index in [-0.39, 0.29) is 17.1 Å². The Morgan fingerprint density at radius 1 is 1.38 bits per heavy atom. The molecule has 0 unspecified atom stereocenters. The largest absolute Gasteiger partial charge is 0.573 e. The van der Waals surface area contributed by atoms with Crippen LogP contribution in [-0.2, 0) is 0 Å². The molecule has 0 aliphatic carbocycles. The maximum absolute atomic E-state index is 12.6. The molecule has 7 nitrogen and oxygen atoms in total. The van der Waals surface area contributed by atoms with Gasteiger partial charge in [0.15, 0.2) is 0 Å². The van der Waals surface area contributed by atoms with E-state index in [9.17, 15) is 18.3 Å². The Morgan fingerprint density at radius 2 is 2.14 bits per heavy atom. The topological polar surface area (TPSA) is 99.8 Å². The molecule has 29 heavy (non-hydrogen) atoms. The second-order valence-corrected chi connectivity index (χ2v) is 6.82. The highest BCUT2D eigenvalue weighted by Crippen LogP contribution is 2.42. The Hall–Kier alpha value is -3.32. The van der Waals surface area contributed by atoms with Crippen molar-refractivity contribution in [2.75, 3.05) is 0 Å². The molecule has 1 aromatic carbocycles. The van der Waals surface area contributed by atoms with Crippen molar-refractivity contribution in [1.82, 2.24) is 10.3 Å². The van der Waals surface area contributed by atoms with Crippen LogP contribution in [0.1, 0.15) is 31.0 Å². The van der Waals surface area contributed by atoms with Gasteiger partial charge >= 0.3 is 6.36 Å². The minimum absolute atomic E-state index is 0.107. The zero-order valence-corrected chi connectivity index (χ0v) is 15.4. The lowest BCUT2D eigenvalue weighted by Gasteiger charge is -2.42. The molecule has 10 heteroatoms. The molecule has 2 atom stereocenters. The van der Waals surface area contributed by atoms with Gasteiger partial charge in [0.1, 0.15) is 29.0 Å². The fourth-order valence-corrected chi connectivity index (χ4v) is 3.01. The third kappa shape index (κ3) is 4.57. The van der Waals surface area contributed by atoms with E-state index in [1.54, 1.807) is 32.2 Å². The van der Waals surface area contributed by atoms with Crippen LogP contribution < -0.4 is 14.8 Å². The second kappa shape index (κ2) is 7.60. The zero-order valence-electron chi connectivity index (χ0n) is 15.4. The first kappa shape index (κ1) is 20.4. The molecule has 2 heterocycles. The molecule has 2 aromatic rings. The van der Waals surface area contributed by atoms with Crippen molar-refractivity contribution in [1.29, 1.82) is 5.26 Å². The predicted molar refractivity (Wildman–Crippen MR) is 96.1 cm³/mol. The number of aliphatic imine (C=N–C) groups is 1. The van der Waals surface area contributed by atoms with Crippen LogP contribution in [0.15, 0.2) is 47.7 Å². The highest BCUT2D eigenvalue weighted by molar-refractivity contribution is 5.99. The molecule has 0 fully saturated rings. The van der Waals surface area contributed by atoms with Gasteiger partial charge in [0.2, 0.25) is 6.19 Å². The molecule has 152 valence electrons. The number of aliphatic hydroxyl groups is 1. The summed E-state index contributed by atoms with van der Waals surface area (Å²) in [7, 11) is 0. The van der Waals surface area contributed by atoms with Crippen LogP contribution in [0.25, 0.3) is 0 Å². The average Bonchev–Trinajstić information content (AvgIpc) is 2.64. The SMILES string of the molecule is CC1(C)Oc2ccc(OC(F)(F)F)cc2[C@H](N/C(=N\C#N)c2cccnc2)[C@H]1O. The van der Waals surface area contributed by atoms with Crippen molar-refractivity contribution >= 4 is 5.84 Å². The van der Waals surface area contributed by atoms with Crippen LogP contribution in [0.2, 0.25) is 0 Å². The molecule has 3 rings (SSSR count). The highest BCUT2D eigenvalue weighted by atomic mass is 19.4. The molecular weight excluding hydrogens is 389 g/mol. The van der Waals surface area contributed by atoms with E-state index >= 15 is 0 Å². The number of rotatable bonds is 3. The van der Waals surface area contributed by atoms with E-state index in [1.807, 2.05) is 0 Å². The number of halogens is 3. The monoisotopic (exact) mass is 406 g/mol. The van der Waals surface area contributed by atoms with Gasteiger partial charge in [-0.1, -0.05) is 0 Å². The van der Waals surface area contributed by atoms with Crippen molar-refractivity contribution in [2.45, 2.75) is 38.0 Å². The number of amidine groups is 1. The van der Waals surface area contributed by atoms with E-state index in [2.05, 4.69) is 20.0 Å². The molecular formula is C19H17F3N4O3. The number of hydrogen-bond acceptors (Lipinski definition) is 6. The summed E-state index contributed by atoms with van der Waals surface area (Å²) in [6, 6.07) is 5.95. The quantitative estimate of drug-likeness (QED) is 0.462. The number of nitrogens with zero attached hydrogens (tertiary/aromatic N) is 3. The molecule has 0 saturated heterocycles. The molecule has 1 aromatic heterocycles. The van der Waals surface area contributed by atoms with Gasteiger partial charge < -0.3 is 19.9 Å². The number of aromatic nitrogens is 1. The van der Waals surface area contributed by atoms with Crippen LogP contribution in [0, 0.1) is 11.5 Å². The van der Waals surface area contributed by atoms with Crippen LogP contribution in [0.5, 0.6) is 11.5 Å². The maximum atomic E-state index is 12.6. The number of benzene rings is 1. The van der Waals surface area contributed by atoms with Crippen LogP contribution in [0.3, 0.4) is 0 Å². The minimum atomic E-state index is -4.87. The summed E-state index contributed by atoms with van der Waals surface area (Å²) >= 11 is 0. The van der Waals surface area contributed by atoms with Crippen molar-refractivity contribution < 1.29 is 27.8 Å². The third-order valence-electron chi connectivity index (χ3n) is 4.34. The minimum Gasteiger partial charge on any atom is -0.485 e. The summed E-state index contributed by atoms with van der Waals surface area (Å²) in [5.41, 5.74) is -0.369. The zero-order chi connectivity index (χ0) is 21.2. The molecule has 1 aliphatic rings. The summed E-state index contributed by atoms with van der Waals surface area (Å²) in [6.45, 7) is 3.28. The van der Waals surface area contributed by atoms with Gasteiger partial charge in [-0.05, 0) is 44.2 Å². The van der Waals surface area contributed by atoms with E-state index in [0.717, 1.165) is 12.1 Å². The van der Waals surface area contributed by atoms with Crippen LogP contribution in [0.4, 0.5) is 13.2 Å².